The number of aryl methyl sites for hydroxylation is 1. The van der Waals surface area contributed by atoms with Crippen molar-refractivity contribution in [1.82, 2.24) is 10.2 Å². The van der Waals surface area contributed by atoms with Crippen LogP contribution in [-0.2, 0) is 26.2 Å². The minimum Gasteiger partial charge on any atom is -0.354 e. The van der Waals surface area contributed by atoms with Crippen LogP contribution in [0.15, 0.2) is 83.8 Å². The lowest BCUT2D eigenvalue weighted by Crippen LogP contribution is -2.51. The fraction of sp³-hybridized carbons (Fsp3) is 0.310. The Kier molecular flexibility index (Phi) is 9.94. The number of benzene rings is 3. The SMILES string of the molecule is Cc1ccc(S(=O)(=O)N(CC(=O)N(Cc2ccccc2)[C@@H](C)C(=O)NCC(C)C)c2ccccc2Cl)cc1. The van der Waals surface area contributed by atoms with Gasteiger partial charge in [-0.2, -0.15) is 0 Å². The predicted molar refractivity (Wildman–Crippen MR) is 151 cm³/mol. The summed E-state index contributed by atoms with van der Waals surface area (Å²) in [4.78, 5) is 28.3. The van der Waals surface area contributed by atoms with E-state index in [1.165, 1.54) is 17.0 Å². The van der Waals surface area contributed by atoms with E-state index < -0.39 is 28.5 Å². The second-order valence-corrected chi connectivity index (χ2v) is 11.9. The van der Waals surface area contributed by atoms with Crippen molar-refractivity contribution < 1.29 is 18.0 Å². The first kappa shape index (κ1) is 29.2. The van der Waals surface area contributed by atoms with Crippen molar-refractivity contribution in [2.24, 2.45) is 5.92 Å². The van der Waals surface area contributed by atoms with Crippen molar-refractivity contribution in [3.63, 3.8) is 0 Å². The molecule has 0 aromatic heterocycles. The Morgan fingerprint density at radius 1 is 0.895 bits per heavy atom. The van der Waals surface area contributed by atoms with Crippen molar-refractivity contribution in [1.29, 1.82) is 0 Å². The van der Waals surface area contributed by atoms with Gasteiger partial charge in [0.2, 0.25) is 11.8 Å². The first-order valence-electron chi connectivity index (χ1n) is 12.5. The smallest absolute Gasteiger partial charge is 0.264 e. The first-order chi connectivity index (χ1) is 18.0. The molecule has 202 valence electrons. The maximum atomic E-state index is 13.9. The van der Waals surface area contributed by atoms with Gasteiger partial charge >= 0.3 is 0 Å². The van der Waals surface area contributed by atoms with E-state index in [0.29, 0.717) is 6.54 Å². The molecule has 3 aromatic rings. The molecule has 0 aliphatic carbocycles. The third-order valence-corrected chi connectivity index (χ3v) is 8.15. The van der Waals surface area contributed by atoms with E-state index in [0.717, 1.165) is 15.4 Å². The summed E-state index contributed by atoms with van der Waals surface area (Å²) in [5, 5.41) is 3.06. The number of nitrogens with zero attached hydrogens (tertiary/aromatic N) is 2. The number of hydrogen-bond donors (Lipinski definition) is 1. The molecule has 0 radical (unpaired) electrons. The average molecular weight is 556 g/mol. The molecule has 0 aliphatic rings. The van der Waals surface area contributed by atoms with Crippen LogP contribution in [0.2, 0.25) is 5.02 Å². The van der Waals surface area contributed by atoms with Gasteiger partial charge in [-0.3, -0.25) is 13.9 Å². The van der Waals surface area contributed by atoms with E-state index in [1.807, 2.05) is 51.1 Å². The summed E-state index contributed by atoms with van der Waals surface area (Å²) in [6.07, 6.45) is 0. The molecule has 0 bridgehead atoms. The average Bonchev–Trinajstić information content (AvgIpc) is 2.89. The molecule has 7 nitrogen and oxygen atoms in total. The molecule has 9 heteroatoms. The highest BCUT2D eigenvalue weighted by Crippen LogP contribution is 2.30. The van der Waals surface area contributed by atoms with Crippen LogP contribution in [0.25, 0.3) is 0 Å². The quantitative estimate of drug-likeness (QED) is 0.359. The molecule has 38 heavy (non-hydrogen) atoms. The number of sulfonamides is 1. The molecule has 3 rings (SSSR count). The van der Waals surface area contributed by atoms with E-state index in [1.54, 1.807) is 43.3 Å². The molecule has 1 N–H and O–H groups in total. The number of carbonyl (C=O) groups is 2. The second-order valence-electron chi connectivity index (χ2n) is 9.60. The normalized spacial score (nSPS) is 12.2. The lowest BCUT2D eigenvalue weighted by Gasteiger charge is -2.32. The third-order valence-electron chi connectivity index (χ3n) is 6.06. The number of nitrogens with one attached hydrogen (secondary N) is 1. The molecule has 0 spiro atoms. The van der Waals surface area contributed by atoms with Gasteiger partial charge in [0.05, 0.1) is 15.6 Å². The summed E-state index contributed by atoms with van der Waals surface area (Å²) in [6, 6.07) is 21.3. The van der Waals surface area contributed by atoms with Gasteiger partial charge in [-0.1, -0.05) is 85.6 Å². The molecule has 2 amide bonds. The topological polar surface area (TPSA) is 86.8 Å². The van der Waals surface area contributed by atoms with Gasteiger partial charge in [0, 0.05) is 13.1 Å². The van der Waals surface area contributed by atoms with Crippen molar-refractivity contribution in [2.45, 2.75) is 45.2 Å². The molecule has 0 aliphatic heterocycles. The summed E-state index contributed by atoms with van der Waals surface area (Å²) in [6.45, 7) is 7.53. The van der Waals surface area contributed by atoms with Gasteiger partial charge in [-0.15, -0.1) is 0 Å². The Labute approximate surface area is 230 Å². The standard InChI is InChI=1S/C29H34ClN3O4S/c1-21(2)18-31-29(35)23(4)32(19-24-10-6-5-7-11-24)28(34)20-33(27-13-9-8-12-26(27)30)38(36,37)25-16-14-22(3)15-17-25/h5-17,21,23H,18-20H2,1-4H3,(H,31,35)/t23-/m0/s1. The number of halogens is 1. The minimum atomic E-state index is -4.16. The zero-order chi connectivity index (χ0) is 27.9. The first-order valence-corrected chi connectivity index (χ1v) is 14.3. The summed E-state index contributed by atoms with van der Waals surface area (Å²) >= 11 is 6.42. The number of hydrogen-bond acceptors (Lipinski definition) is 4. The Hall–Kier alpha value is -3.36. The molecule has 3 aromatic carbocycles. The van der Waals surface area contributed by atoms with Crippen molar-refractivity contribution in [2.75, 3.05) is 17.4 Å². The highest BCUT2D eigenvalue weighted by Gasteiger charge is 2.33. The second kappa shape index (κ2) is 12.9. The maximum Gasteiger partial charge on any atom is 0.264 e. The Morgan fingerprint density at radius 2 is 1.50 bits per heavy atom. The van der Waals surface area contributed by atoms with Crippen LogP contribution in [0, 0.1) is 12.8 Å². The molecule has 0 saturated carbocycles. The van der Waals surface area contributed by atoms with Crippen LogP contribution < -0.4 is 9.62 Å². The molecule has 1 atom stereocenters. The van der Waals surface area contributed by atoms with Gasteiger partial charge in [-0.05, 0) is 49.6 Å². The van der Waals surface area contributed by atoms with Crippen LogP contribution in [0.5, 0.6) is 0 Å². The van der Waals surface area contributed by atoms with Crippen LogP contribution in [0.1, 0.15) is 31.9 Å². The summed E-state index contributed by atoms with van der Waals surface area (Å²) < 4.78 is 28.6. The van der Waals surface area contributed by atoms with Crippen LogP contribution >= 0.6 is 11.6 Å². The van der Waals surface area contributed by atoms with Crippen LogP contribution in [-0.4, -0.2) is 44.3 Å². The van der Waals surface area contributed by atoms with E-state index in [2.05, 4.69) is 5.32 Å². The Balaban J connectivity index is 2.01. The molecule has 0 unspecified atom stereocenters. The summed E-state index contributed by atoms with van der Waals surface area (Å²) in [5.41, 5.74) is 1.90. The fourth-order valence-corrected chi connectivity index (χ4v) is 5.54. The largest absolute Gasteiger partial charge is 0.354 e. The molecular weight excluding hydrogens is 522 g/mol. The van der Waals surface area contributed by atoms with E-state index in [4.69, 9.17) is 11.6 Å². The predicted octanol–water partition coefficient (Wildman–Crippen LogP) is 5.03. The summed E-state index contributed by atoms with van der Waals surface area (Å²) in [7, 11) is -4.16. The van der Waals surface area contributed by atoms with Crippen LogP contribution in [0.3, 0.4) is 0 Å². The highest BCUT2D eigenvalue weighted by molar-refractivity contribution is 7.92. The van der Waals surface area contributed by atoms with Crippen molar-refractivity contribution >= 4 is 39.1 Å². The third kappa shape index (κ3) is 7.36. The number of amides is 2. The number of anilines is 1. The molecular formula is C29H34ClN3O4S. The van der Waals surface area contributed by atoms with Crippen molar-refractivity contribution in [3.8, 4) is 0 Å². The number of para-hydroxylation sites is 1. The van der Waals surface area contributed by atoms with E-state index in [-0.39, 0.29) is 34.0 Å². The zero-order valence-corrected chi connectivity index (χ0v) is 23.7. The number of carbonyl (C=O) groups excluding carboxylic acids is 2. The summed E-state index contributed by atoms with van der Waals surface area (Å²) in [5.74, 6) is -0.606. The monoisotopic (exact) mass is 555 g/mol. The van der Waals surface area contributed by atoms with Gasteiger partial charge in [0.25, 0.3) is 10.0 Å². The van der Waals surface area contributed by atoms with E-state index in [9.17, 15) is 18.0 Å². The Morgan fingerprint density at radius 3 is 2.11 bits per heavy atom. The highest BCUT2D eigenvalue weighted by atomic mass is 35.5. The van der Waals surface area contributed by atoms with Gasteiger partial charge in [-0.25, -0.2) is 8.42 Å². The van der Waals surface area contributed by atoms with E-state index >= 15 is 0 Å². The fourth-order valence-electron chi connectivity index (χ4n) is 3.82. The lowest BCUT2D eigenvalue weighted by atomic mass is 10.1. The van der Waals surface area contributed by atoms with Crippen molar-refractivity contribution in [3.05, 3.63) is 95.0 Å². The molecule has 0 fully saturated rings. The van der Waals surface area contributed by atoms with Crippen LogP contribution in [0.4, 0.5) is 5.69 Å². The molecule has 0 heterocycles. The Bertz CT molecular complexity index is 1350. The zero-order valence-electron chi connectivity index (χ0n) is 22.1. The lowest BCUT2D eigenvalue weighted by molar-refractivity contribution is -0.139. The number of rotatable bonds is 11. The van der Waals surface area contributed by atoms with Gasteiger partial charge in [0.1, 0.15) is 12.6 Å². The van der Waals surface area contributed by atoms with Gasteiger partial charge in [0.15, 0.2) is 0 Å². The van der Waals surface area contributed by atoms with Gasteiger partial charge < -0.3 is 10.2 Å². The molecule has 0 saturated heterocycles. The minimum absolute atomic E-state index is 0.0353. The maximum absolute atomic E-state index is 13.9.